The van der Waals surface area contributed by atoms with Crippen molar-refractivity contribution in [1.82, 2.24) is 0 Å². The van der Waals surface area contributed by atoms with Gasteiger partial charge in [0.25, 0.3) is 0 Å². The summed E-state index contributed by atoms with van der Waals surface area (Å²) in [4.78, 5) is 0. The molecule has 0 spiro atoms. The van der Waals surface area contributed by atoms with Gasteiger partial charge in [-0.2, -0.15) is 0 Å². The fraction of sp³-hybridized carbons (Fsp3) is 0.649. The summed E-state index contributed by atoms with van der Waals surface area (Å²) in [6.07, 6.45) is 0. The summed E-state index contributed by atoms with van der Waals surface area (Å²) in [6, 6.07) is 10.0. The van der Waals surface area contributed by atoms with Crippen LogP contribution in [0.4, 0.5) is 0 Å². The summed E-state index contributed by atoms with van der Waals surface area (Å²) in [5, 5.41) is 1.47. The summed E-state index contributed by atoms with van der Waals surface area (Å²) >= 11 is -0.228. The Balaban J connectivity index is 3.02. The molecule has 0 aromatic heterocycles. The third-order valence-corrected chi connectivity index (χ3v) is 11.2. The van der Waals surface area contributed by atoms with Crippen LogP contribution in [0.15, 0.2) is 24.3 Å². The fourth-order valence-corrected chi connectivity index (χ4v) is 9.84. The van der Waals surface area contributed by atoms with Crippen LogP contribution in [0.2, 0.25) is 0 Å². The van der Waals surface area contributed by atoms with E-state index in [4.69, 9.17) is 0 Å². The SMILES string of the molecule is CC(C)(C)c1cc(C(C)(C)C)c(P=C=[As]c2c(C(C)(C)C)cc(C(C)(C)C)cc2C(C)(C)C)c(C(C)(C)C)c1. The second-order valence-corrected chi connectivity index (χ2v) is 21.2. The van der Waals surface area contributed by atoms with Gasteiger partial charge in [0.15, 0.2) is 0 Å². The van der Waals surface area contributed by atoms with Gasteiger partial charge in [0.2, 0.25) is 0 Å². The molecule has 0 nitrogen and oxygen atoms in total. The molecule has 0 N–H and O–H groups in total. The van der Waals surface area contributed by atoms with Gasteiger partial charge in [0, 0.05) is 0 Å². The van der Waals surface area contributed by atoms with Crippen molar-refractivity contribution in [3.8, 4) is 0 Å². The maximum atomic E-state index is 4.05. The van der Waals surface area contributed by atoms with Gasteiger partial charge in [0.1, 0.15) is 0 Å². The molecule has 2 heteroatoms. The molecular formula is C37H58AsP. The van der Waals surface area contributed by atoms with E-state index in [2.05, 4.69) is 153 Å². The van der Waals surface area contributed by atoms with Gasteiger partial charge in [-0.1, -0.05) is 0 Å². The Hall–Kier alpha value is -0.922. The minimum atomic E-state index is -0.228. The van der Waals surface area contributed by atoms with Gasteiger partial charge in [-0.25, -0.2) is 0 Å². The number of hydrogen-bond acceptors (Lipinski definition) is 0. The van der Waals surface area contributed by atoms with E-state index in [0.717, 1.165) is 0 Å². The first-order valence-electron chi connectivity index (χ1n) is 14.7. The van der Waals surface area contributed by atoms with E-state index in [9.17, 15) is 0 Å². The number of rotatable bonds is 2. The molecule has 216 valence electrons. The molecule has 0 bridgehead atoms. The van der Waals surface area contributed by atoms with Crippen molar-refractivity contribution in [2.24, 2.45) is 0 Å². The number of hydrogen-bond donors (Lipinski definition) is 0. The van der Waals surface area contributed by atoms with Crippen molar-refractivity contribution in [3.05, 3.63) is 57.6 Å². The van der Waals surface area contributed by atoms with Crippen LogP contribution >= 0.6 is 8.20 Å². The molecule has 0 amide bonds. The molecule has 0 aliphatic rings. The zero-order chi connectivity index (χ0) is 30.6. The van der Waals surface area contributed by atoms with Gasteiger partial charge in [0.05, 0.1) is 0 Å². The zero-order valence-electron chi connectivity index (χ0n) is 28.7. The summed E-state index contributed by atoms with van der Waals surface area (Å²) in [6.45, 7) is 42.5. The van der Waals surface area contributed by atoms with E-state index in [1.807, 2.05) is 0 Å². The van der Waals surface area contributed by atoms with Crippen LogP contribution in [0.3, 0.4) is 0 Å². The monoisotopic (exact) mass is 608 g/mol. The Morgan fingerprint density at radius 1 is 0.436 bits per heavy atom. The average molecular weight is 609 g/mol. The van der Waals surface area contributed by atoms with Crippen molar-refractivity contribution < 1.29 is 0 Å². The van der Waals surface area contributed by atoms with E-state index in [0.29, 0.717) is 0 Å². The molecule has 2 aromatic rings. The first-order valence-corrected chi connectivity index (χ1v) is 17.5. The molecule has 0 fully saturated rings. The second kappa shape index (κ2) is 11.1. The standard InChI is InChI=1S/C37H58AsP/c1-32(2,3)24-19-26(34(7,8)9)30(27(20-24)35(10,11)12)38-23-39-31-28(36(13,14)15)21-25(33(4,5)6)22-29(31)37(16,17)18/h19-22H,1-18H3. The molecule has 0 heterocycles. The van der Waals surface area contributed by atoms with Crippen molar-refractivity contribution >= 4 is 37.4 Å². The normalized spacial score (nSPS) is 14.2. The summed E-state index contributed by atoms with van der Waals surface area (Å²) < 4.78 is 5.61. The van der Waals surface area contributed by atoms with Crippen molar-refractivity contribution in [2.75, 3.05) is 0 Å². The predicted molar refractivity (Wildman–Crippen MR) is 182 cm³/mol. The Bertz CT molecular complexity index is 1090. The first-order chi connectivity index (χ1) is 17.1. The predicted octanol–water partition coefficient (Wildman–Crippen LogP) is 9.71. The molecule has 0 radical (unpaired) electrons. The summed E-state index contributed by atoms with van der Waals surface area (Å²) in [5.41, 5.74) is 9.43. The number of benzene rings is 2. The van der Waals surface area contributed by atoms with Crippen LogP contribution in [0, 0.1) is 0 Å². The van der Waals surface area contributed by atoms with Gasteiger partial charge in [-0.15, -0.1) is 0 Å². The topological polar surface area (TPSA) is 0 Å². The first kappa shape index (κ1) is 34.3. The molecule has 0 aliphatic heterocycles. The van der Waals surface area contributed by atoms with E-state index in [1.54, 1.807) is 4.35 Å². The zero-order valence-corrected chi connectivity index (χ0v) is 31.5. The van der Waals surface area contributed by atoms with Crippen LogP contribution in [-0.4, -0.2) is 19.5 Å². The summed E-state index contributed by atoms with van der Waals surface area (Å²) in [5.74, 6) is 0. The Morgan fingerprint density at radius 3 is 0.974 bits per heavy atom. The van der Waals surface area contributed by atoms with E-state index < -0.39 is 0 Å². The molecule has 0 atom stereocenters. The maximum absolute atomic E-state index is 4.05. The van der Waals surface area contributed by atoms with Crippen LogP contribution in [-0.2, 0) is 32.5 Å². The molecular weight excluding hydrogens is 550 g/mol. The molecule has 0 unspecified atom stereocenters. The van der Waals surface area contributed by atoms with Crippen molar-refractivity contribution in [3.63, 3.8) is 0 Å². The second-order valence-electron chi connectivity index (χ2n) is 17.7. The van der Waals surface area contributed by atoms with Crippen LogP contribution in [0.1, 0.15) is 158 Å². The third-order valence-electron chi connectivity index (χ3n) is 7.51. The average Bonchev–Trinajstić information content (AvgIpc) is 2.68. The Morgan fingerprint density at radius 2 is 0.718 bits per heavy atom. The van der Waals surface area contributed by atoms with E-state index in [1.165, 1.54) is 46.9 Å². The van der Waals surface area contributed by atoms with Gasteiger partial charge < -0.3 is 0 Å². The van der Waals surface area contributed by atoms with Gasteiger partial charge in [-0.05, 0) is 0 Å². The van der Waals surface area contributed by atoms with E-state index >= 15 is 0 Å². The van der Waals surface area contributed by atoms with Gasteiger partial charge >= 0.3 is 252 Å². The molecule has 39 heavy (non-hydrogen) atoms. The van der Waals surface area contributed by atoms with Crippen LogP contribution in [0.25, 0.3) is 0 Å². The van der Waals surface area contributed by atoms with Crippen LogP contribution in [0.5, 0.6) is 0 Å². The summed E-state index contributed by atoms with van der Waals surface area (Å²) in [7, 11) is 1.24. The van der Waals surface area contributed by atoms with E-state index in [-0.39, 0.29) is 47.8 Å². The quantitative estimate of drug-likeness (QED) is 0.235. The fourth-order valence-electron chi connectivity index (χ4n) is 4.79. The Labute approximate surface area is 251 Å². The molecule has 2 aromatic carbocycles. The van der Waals surface area contributed by atoms with Crippen LogP contribution < -0.4 is 9.66 Å². The minimum absolute atomic E-state index is 0.0727. The van der Waals surface area contributed by atoms with Crippen molar-refractivity contribution in [2.45, 2.75) is 157 Å². The van der Waals surface area contributed by atoms with Gasteiger partial charge in [-0.3, -0.25) is 0 Å². The molecule has 2 rings (SSSR count). The molecule has 0 saturated carbocycles. The molecule has 0 aliphatic carbocycles. The van der Waals surface area contributed by atoms with Crippen molar-refractivity contribution in [1.29, 1.82) is 0 Å². The molecule has 0 saturated heterocycles. The third kappa shape index (κ3) is 8.54. The Kier molecular flexibility index (Phi) is 9.72.